The zero-order chi connectivity index (χ0) is 15.7. The van der Waals surface area contributed by atoms with Crippen molar-refractivity contribution in [2.45, 2.75) is 0 Å². The number of aromatic nitrogens is 2. The van der Waals surface area contributed by atoms with Gasteiger partial charge in [-0.05, 0) is 0 Å². The van der Waals surface area contributed by atoms with Crippen LogP contribution in [0.25, 0.3) is 0 Å². The van der Waals surface area contributed by atoms with Gasteiger partial charge in [0.1, 0.15) is 16.5 Å². The van der Waals surface area contributed by atoms with Crippen LogP contribution in [0.3, 0.4) is 0 Å². The van der Waals surface area contributed by atoms with Crippen LogP contribution in [0.5, 0.6) is 0 Å². The highest BCUT2D eigenvalue weighted by atomic mass is 35.5. The Labute approximate surface area is 118 Å². The Bertz CT molecular complexity index is 711. The van der Waals surface area contributed by atoms with E-state index >= 15 is 0 Å². The molecule has 1 aromatic heterocycles. The Morgan fingerprint density at radius 1 is 0.952 bits per heavy atom. The summed E-state index contributed by atoms with van der Waals surface area (Å²) >= 11 is 5.45. The Hall–Kier alpha value is -2.29. The molecular formula is C11H3ClF5N3O. The molecule has 0 radical (unpaired) electrons. The third-order valence-electron chi connectivity index (χ3n) is 2.29. The van der Waals surface area contributed by atoms with Gasteiger partial charge in [-0.2, -0.15) is 0 Å². The molecule has 0 aliphatic carbocycles. The molecule has 1 N–H and O–H groups in total. The van der Waals surface area contributed by atoms with Crippen molar-refractivity contribution in [2.75, 3.05) is 5.32 Å². The zero-order valence-corrected chi connectivity index (χ0v) is 10.5. The predicted molar refractivity (Wildman–Crippen MR) is 61.2 cm³/mol. The summed E-state index contributed by atoms with van der Waals surface area (Å²) in [5, 5.41) is 1.34. The molecular weight excluding hydrogens is 321 g/mol. The Morgan fingerprint density at radius 2 is 1.48 bits per heavy atom. The fourth-order valence-electron chi connectivity index (χ4n) is 1.34. The third kappa shape index (κ3) is 2.77. The lowest BCUT2D eigenvalue weighted by molar-refractivity contribution is 0.102. The minimum absolute atomic E-state index is 0.194. The van der Waals surface area contributed by atoms with Gasteiger partial charge in [-0.3, -0.25) is 9.78 Å². The number of carbonyl (C=O) groups excluding carboxylic acids is 1. The van der Waals surface area contributed by atoms with Crippen LogP contribution >= 0.6 is 11.6 Å². The van der Waals surface area contributed by atoms with Crippen LogP contribution < -0.4 is 5.32 Å². The number of rotatable bonds is 2. The van der Waals surface area contributed by atoms with Gasteiger partial charge in [0, 0.05) is 0 Å². The number of carbonyl (C=O) groups is 1. The van der Waals surface area contributed by atoms with E-state index < -0.39 is 46.4 Å². The molecule has 1 heterocycles. The Kier molecular flexibility index (Phi) is 4.03. The molecule has 2 rings (SSSR count). The van der Waals surface area contributed by atoms with Crippen molar-refractivity contribution in [3.63, 3.8) is 0 Å². The van der Waals surface area contributed by atoms with Crippen molar-refractivity contribution in [2.24, 2.45) is 0 Å². The molecule has 0 saturated heterocycles. The molecule has 0 bridgehead atoms. The highest BCUT2D eigenvalue weighted by molar-refractivity contribution is 6.29. The van der Waals surface area contributed by atoms with Crippen molar-refractivity contribution >= 4 is 23.2 Å². The van der Waals surface area contributed by atoms with Crippen molar-refractivity contribution in [3.8, 4) is 0 Å². The van der Waals surface area contributed by atoms with E-state index in [0.717, 1.165) is 12.4 Å². The van der Waals surface area contributed by atoms with Crippen LogP contribution in [-0.4, -0.2) is 15.9 Å². The Morgan fingerprint density at radius 3 is 2.00 bits per heavy atom. The minimum Gasteiger partial charge on any atom is -0.315 e. The number of nitrogens with zero attached hydrogens (tertiary/aromatic N) is 2. The SMILES string of the molecule is O=C(Nc1c(F)c(F)c(F)c(F)c1F)c1cncc(Cl)n1. The van der Waals surface area contributed by atoms with Crippen molar-refractivity contribution in [1.29, 1.82) is 0 Å². The van der Waals surface area contributed by atoms with Gasteiger partial charge in [-0.25, -0.2) is 26.9 Å². The van der Waals surface area contributed by atoms with E-state index in [2.05, 4.69) is 9.97 Å². The predicted octanol–water partition coefficient (Wildman–Crippen LogP) is 3.08. The van der Waals surface area contributed by atoms with E-state index in [0.29, 0.717) is 0 Å². The van der Waals surface area contributed by atoms with E-state index in [1.54, 1.807) is 0 Å². The molecule has 0 fully saturated rings. The van der Waals surface area contributed by atoms with Crippen molar-refractivity contribution in [1.82, 2.24) is 9.97 Å². The lowest BCUT2D eigenvalue weighted by Gasteiger charge is -2.09. The lowest BCUT2D eigenvalue weighted by atomic mass is 10.2. The first-order chi connectivity index (χ1) is 9.82. The maximum Gasteiger partial charge on any atom is 0.276 e. The minimum atomic E-state index is -2.33. The zero-order valence-electron chi connectivity index (χ0n) is 9.73. The van der Waals surface area contributed by atoms with Crippen molar-refractivity contribution in [3.05, 3.63) is 52.3 Å². The van der Waals surface area contributed by atoms with Crippen LogP contribution in [0.4, 0.5) is 27.6 Å². The topological polar surface area (TPSA) is 54.9 Å². The number of benzene rings is 1. The molecule has 10 heteroatoms. The largest absolute Gasteiger partial charge is 0.315 e. The first kappa shape index (κ1) is 15.1. The first-order valence-corrected chi connectivity index (χ1v) is 5.51. The summed E-state index contributed by atoms with van der Waals surface area (Å²) in [6.45, 7) is 0. The number of amides is 1. The van der Waals surface area contributed by atoms with Gasteiger partial charge >= 0.3 is 0 Å². The molecule has 0 spiro atoms. The summed E-state index contributed by atoms with van der Waals surface area (Å²) in [5.74, 6) is -12.3. The van der Waals surface area contributed by atoms with E-state index in [1.165, 1.54) is 5.32 Å². The van der Waals surface area contributed by atoms with Gasteiger partial charge in [0.05, 0.1) is 12.4 Å². The normalized spacial score (nSPS) is 10.6. The Balaban J connectivity index is 2.43. The van der Waals surface area contributed by atoms with E-state index in [1.807, 2.05) is 0 Å². The molecule has 1 amide bonds. The fourth-order valence-corrected chi connectivity index (χ4v) is 1.49. The first-order valence-electron chi connectivity index (χ1n) is 5.13. The molecule has 1 aromatic carbocycles. The number of anilines is 1. The molecule has 0 unspecified atom stereocenters. The van der Waals surface area contributed by atoms with Crippen LogP contribution in [0, 0.1) is 29.1 Å². The van der Waals surface area contributed by atoms with E-state index in [-0.39, 0.29) is 5.15 Å². The number of nitrogens with one attached hydrogen (secondary N) is 1. The van der Waals surface area contributed by atoms with Gasteiger partial charge in [-0.1, -0.05) is 11.6 Å². The highest BCUT2D eigenvalue weighted by Crippen LogP contribution is 2.27. The summed E-state index contributed by atoms with van der Waals surface area (Å²) in [4.78, 5) is 18.6. The maximum absolute atomic E-state index is 13.4. The number of halogens is 6. The summed E-state index contributed by atoms with van der Waals surface area (Å²) < 4.78 is 65.5. The quantitative estimate of drug-likeness (QED) is 0.525. The maximum atomic E-state index is 13.4. The number of hydrogen-bond acceptors (Lipinski definition) is 3. The van der Waals surface area contributed by atoms with E-state index in [4.69, 9.17) is 11.6 Å². The average Bonchev–Trinajstić information content (AvgIpc) is 2.47. The second kappa shape index (κ2) is 5.60. The molecule has 4 nitrogen and oxygen atoms in total. The van der Waals surface area contributed by atoms with Gasteiger partial charge in [0.15, 0.2) is 23.3 Å². The van der Waals surface area contributed by atoms with Gasteiger partial charge in [0.25, 0.3) is 5.91 Å². The number of hydrogen-bond donors (Lipinski definition) is 1. The molecule has 2 aromatic rings. The second-order valence-corrected chi connectivity index (χ2v) is 4.01. The van der Waals surface area contributed by atoms with E-state index in [9.17, 15) is 26.7 Å². The molecule has 21 heavy (non-hydrogen) atoms. The van der Waals surface area contributed by atoms with Gasteiger partial charge in [-0.15, -0.1) is 0 Å². The second-order valence-electron chi connectivity index (χ2n) is 3.63. The smallest absolute Gasteiger partial charge is 0.276 e. The molecule has 110 valence electrons. The summed E-state index contributed by atoms with van der Waals surface area (Å²) in [5.41, 5.74) is -1.95. The summed E-state index contributed by atoms with van der Waals surface area (Å²) in [6, 6.07) is 0. The lowest BCUT2D eigenvalue weighted by Crippen LogP contribution is -2.18. The molecule has 0 aliphatic rings. The summed E-state index contributed by atoms with van der Waals surface area (Å²) in [7, 11) is 0. The standard InChI is InChI=1S/C11H3ClF5N3O/c12-4-2-18-1-3(19-4)11(21)20-10-8(16)6(14)5(13)7(15)9(10)17/h1-2H,(H,20,21). The van der Waals surface area contributed by atoms with Crippen LogP contribution in [0.1, 0.15) is 10.5 Å². The van der Waals surface area contributed by atoms with Crippen LogP contribution in [0.2, 0.25) is 5.15 Å². The van der Waals surface area contributed by atoms with Gasteiger partial charge in [0.2, 0.25) is 5.82 Å². The molecule has 0 atom stereocenters. The van der Waals surface area contributed by atoms with Gasteiger partial charge < -0.3 is 5.32 Å². The molecule has 0 saturated carbocycles. The van der Waals surface area contributed by atoms with Crippen molar-refractivity contribution < 1.29 is 26.7 Å². The van der Waals surface area contributed by atoms with Crippen LogP contribution in [-0.2, 0) is 0 Å². The molecule has 0 aliphatic heterocycles. The average molecular weight is 324 g/mol. The van der Waals surface area contributed by atoms with Crippen LogP contribution in [0.15, 0.2) is 12.4 Å². The summed E-state index contributed by atoms with van der Waals surface area (Å²) in [6.07, 6.45) is 1.98. The monoisotopic (exact) mass is 323 g/mol. The highest BCUT2D eigenvalue weighted by Gasteiger charge is 2.27. The third-order valence-corrected chi connectivity index (χ3v) is 2.47. The fraction of sp³-hybridized carbons (Fsp3) is 0.